The van der Waals surface area contributed by atoms with E-state index < -0.39 is 0 Å². The van der Waals surface area contributed by atoms with Gasteiger partial charge in [-0.25, -0.2) is 4.98 Å². The third kappa shape index (κ3) is 5.15. The van der Waals surface area contributed by atoms with Crippen LogP contribution in [0.5, 0.6) is 5.75 Å². The van der Waals surface area contributed by atoms with Crippen molar-refractivity contribution in [3.63, 3.8) is 0 Å². The largest absolute Gasteiger partial charge is 0.495 e. The number of thiophene rings is 1. The van der Waals surface area contributed by atoms with Crippen LogP contribution in [0.15, 0.2) is 46.3 Å². The number of aryl methyl sites for hydroxylation is 3. The average Bonchev–Trinajstić information content (AvgIpc) is 3.22. The van der Waals surface area contributed by atoms with E-state index in [1.165, 1.54) is 23.7 Å². The van der Waals surface area contributed by atoms with Gasteiger partial charge in [-0.2, -0.15) is 0 Å². The second-order valence-electron chi connectivity index (χ2n) is 9.54. The predicted octanol–water partition coefficient (Wildman–Crippen LogP) is 6.58. The molecule has 2 aromatic carbocycles. The van der Waals surface area contributed by atoms with E-state index >= 15 is 0 Å². The molecule has 192 valence electrons. The SMILES string of the molecule is COc1ccc(Cl)cc1NC(=O)CSc1nc2sc3c(c2c(=O)n1-c1cc(C)ccc1C)CC[C@H](C)C3. The molecule has 1 aliphatic carbocycles. The van der Waals surface area contributed by atoms with Gasteiger partial charge in [-0.05, 0) is 80.0 Å². The van der Waals surface area contributed by atoms with Crippen LogP contribution in [0.1, 0.15) is 34.9 Å². The molecule has 5 rings (SSSR count). The van der Waals surface area contributed by atoms with E-state index in [2.05, 4.69) is 12.2 Å². The first-order valence-corrected chi connectivity index (χ1v) is 14.3. The number of carbonyl (C=O) groups is 1. The maximum Gasteiger partial charge on any atom is 0.267 e. The molecule has 0 radical (unpaired) electrons. The molecule has 1 N–H and O–H groups in total. The van der Waals surface area contributed by atoms with Gasteiger partial charge in [0.05, 0.1) is 29.6 Å². The van der Waals surface area contributed by atoms with E-state index in [9.17, 15) is 9.59 Å². The number of methoxy groups -OCH3 is 1. The maximum atomic E-state index is 14.1. The van der Waals surface area contributed by atoms with Crippen molar-refractivity contribution in [1.29, 1.82) is 0 Å². The lowest BCUT2D eigenvalue weighted by molar-refractivity contribution is -0.113. The Kier molecular flexibility index (Phi) is 7.34. The van der Waals surface area contributed by atoms with Gasteiger partial charge in [-0.3, -0.25) is 14.2 Å². The number of nitrogens with one attached hydrogen (secondary N) is 1. The first-order chi connectivity index (χ1) is 17.7. The highest BCUT2D eigenvalue weighted by Gasteiger charge is 2.26. The number of anilines is 1. The topological polar surface area (TPSA) is 73.2 Å². The molecule has 37 heavy (non-hydrogen) atoms. The molecule has 0 spiro atoms. The fourth-order valence-corrected chi connectivity index (χ4v) is 7.14. The van der Waals surface area contributed by atoms with E-state index in [4.69, 9.17) is 21.3 Å². The molecule has 2 heterocycles. The number of carbonyl (C=O) groups excluding carboxylic acids is 1. The molecule has 1 aliphatic rings. The van der Waals surface area contributed by atoms with Crippen molar-refractivity contribution < 1.29 is 9.53 Å². The highest BCUT2D eigenvalue weighted by atomic mass is 35.5. The predicted molar refractivity (Wildman–Crippen MR) is 153 cm³/mol. The monoisotopic (exact) mass is 553 g/mol. The summed E-state index contributed by atoms with van der Waals surface area (Å²) in [5.41, 5.74) is 4.40. The standard InChI is InChI=1S/C28H28ClN3O3S2/c1-15-5-7-17(3)21(11-15)32-27(34)25-19-9-6-16(2)12-23(19)37-26(25)31-28(32)36-14-24(33)30-20-13-18(29)8-10-22(20)35-4/h5,7-8,10-11,13,16H,6,9,12,14H2,1-4H3,(H,30,33)/t16-/m0/s1. The third-order valence-electron chi connectivity index (χ3n) is 6.67. The van der Waals surface area contributed by atoms with Crippen molar-refractivity contribution in [2.24, 2.45) is 5.92 Å². The van der Waals surface area contributed by atoms with Crippen LogP contribution in [0.25, 0.3) is 15.9 Å². The first-order valence-electron chi connectivity index (χ1n) is 12.2. The number of aromatic nitrogens is 2. The summed E-state index contributed by atoms with van der Waals surface area (Å²) in [5.74, 6) is 0.947. The van der Waals surface area contributed by atoms with Crippen LogP contribution in [0.3, 0.4) is 0 Å². The molecule has 9 heteroatoms. The van der Waals surface area contributed by atoms with E-state index in [1.807, 2.05) is 32.0 Å². The Bertz CT molecular complexity index is 1580. The van der Waals surface area contributed by atoms with Crippen molar-refractivity contribution >= 4 is 56.5 Å². The van der Waals surface area contributed by atoms with Gasteiger partial charge in [0.15, 0.2) is 5.16 Å². The van der Waals surface area contributed by atoms with Crippen molar-refractivity contribution in [2.45, 2.75) is 45.2 Å². The van der Waals surface area contributed by atoms with Gasteiger partial charge in [-0.1, -0.05) is 42.4 Å². The highest BCUT2D eigenvalue weighted by molar-refractivity contribution is 7.99. The van der Waals surface area contributed by atoms with Crippen LogP contribution in [-0.2, 0) is 17.6 Å². The van der Waals surface area contributed by atoms with Crippen LogP contribution in [0.2, 0.25) is 5.02 Å². The summed E-state index contributed by atoms with van der Waals surface area (Å²) in [5, 5.41) is 4.60. The Labute approximate surface area is 229 Å². The second-order valence-corrected chi connectivity index (χ2v) is 12.0. The number of fused-ring (bicyclic) bond motifs is 3. The van der Waals surface area contributed by atoms with Gasteiger partial charge in [-0.15, -0.1) is 11.3 Å². The van der Waals surface area contributed by atoms with Crippen molar-refractivity contribution in [3.8, 4) is 11.4 Å². The van der Waals surface area contributed by atoms with Crippen molar-refractivity contribution in [3.05, 3.63) is 73.3 Å². The van der Waals surface area contributed by atoms with E-state index in [1.54, 1.807) is 34.1 Å². The number of ether oxygens (including phenoxy) is 1. The molecule has 0 fully saturated rings. The minimum absolute atomic E-state index is 0.0647. The number of halogens is 1. The molecular formula is C28H28ClN3O3S2. The molecule has 0 saturated heterocycles. The number of thioether (sulfide) groups is 1. The first kappa shape index (κ1) is 25.8. The highest BCUT2D eigenvalue weighted by Crippen LogP contribution is 2.37. The molecule has 1 amide bonds. The molecule has 6 nitrogen and oxygen atoms in total. The summed E-state index contributed by atoms with van der Waals surface area (Å²) in [6.45, 7) is 6.25. The summed E-state index contributed by atoms with van der Waals surface area (Å²) in [7, 11) is 1.54. The lowest BCUT2D eigenvalue weighted by atomic mass is 9.89. The molecule has 1 atom stereocenters. The quantitative estimate of drug-likeness (QED) is 0.215. The minimum Gasteiger partial charge on any atom is -0.495 e. The van der Waals surface area contributed by atoms with Crippen LogP contribution < -0.4 is 15.6 Å². The Morgan fingerprint density at radius 1 is 1.27 bits per heavy atom. The molecule has 0 bridgehead atoms. The lowest BCUT2D eigenvalue weighted by Crippen LogP contribution is -2.24. The molecule has 0 aliphatic heterocycles. The van der Waals surface area contributed by atoms with Crippen LogP contribution >= 0.6 is 34.7 Å². The number of hydrogen-bond acceptors (Lipinski definition) is 6. The van der Waals surface area contributed by atoms with E-state index in [0.717, 1.165) is 51.9 Å². The van der Waals surface area contributed by atoms with Crippen molar-refractivity contribution in [2.75, 3.05) is 18.2 Å². The Hall–Kier alpha value is -2.81. The zero-order chi connectivity index (χ0) is 26.3. The van der Waals surface area contributed by atoms with Gasteiger partial charge in [0.2, 0.25) is 5.91 Å². The Morgan fingerprint density at radius 2 is 2.08 bits per heavy atom. The number of amides is 1. The van der Waals surface area contributed by atoms with Gasteiger partial charge in [0.25, 0.3) is 5.56 Å². The molecule has 0 unspecified atom stereocenters. The average molecular weight is 554 g/mol. The normalized spacial score (nSPS) is 15.0. The van der Waals surface area contributed by atoms with Crippen molar-refractivity contribution in [1.82, 2.24) is 9.55 Å². The lowest BCUT2D eigenvalue weighted by Gasteiger charge is -2.18. The zero-order valence-electron chi connectivity index (χ0n) is 21.2. The summed E-state index contributed by atoms with van der Waals surface area (Å²) in [6, 6.07) is 11.1. The second kappa shape index (κ2) is 10.5. The Morgan fingerprint density at radius 3 is 2.86 bits per heavy atom. The van der Waals surface area contributed by atoms with Gasteiger partial charge >= 0.3 is 0 Å². The van der Waals surface area contributed by atoms with E-state index in [-0.39, 0.29) is 17.2 Å². The summed E-state index contributed by atoms with van der Waals surface area (Å²) in [4.78, 5) is 34.0. The number of benzene rings is 2. The smallest absolute Gasteiger partial charge is 0.267 e. The van der Waals surface area contributed by atoms with E-state index in [0.29, 0.717) is 27.5 Å². The Balaban J connectivity index is 1.55. The zero-order valence-corrected chi connectivity index (χ0v) is 23.6. The number of rotatable bonds is 6. The number of nitrogens with zero attached hydrogens (tertiary/aromatic N) is 2. The fraction of sp³-hybridized carbons (Fsp3) is 0.321. The van der Waals surface area contributed by atoms with Gasteiger partial charge < -0.3 is 10.1 Å². The van der Waals surface area contributed by atoms with Crippen LogP contribution in [0.4, 0.5) is 5.69 Å². The summed E-state index contributed by atoms with van der Waals surface area (Å²) < 4.78 is 7.03. The van der Waals surface area contributed by atoms with Crippen LogP contribution in [-0.4, -0.2) is 28.3 Å². The molecule has 0 saturated carbocycles. The fourth-order valence-electron chi connectivity index (χ4n) is 4.74. The van der Waals surface area contributed by atoms with Gasteiger partial charge in [0.1, 0.15) is 10.6 Å². The summed E-state index contributed by atoms with van der Waals surface area (Å²) in [6.07, 6.45) is 2.95. The summed E-state index contributed by atoms with van der Waals surface area (Å²) >= 11 is 8.98. The number of hydrogen-bond donors (Lipinski definition) is 1. The molecule has 4 aromatic rings. The third-order valence-corrected chi connectivity index (χ3v) is 8.99. The van der Waals surface area contributed by atoms with Gasteiger partial charge in [0, 0.05) is 9.90 Å². The molecular weight excluding hydrogens is 526 g/mol. The van der Waals surface area contributed by atoms with Crippen LogP contribution in [0, 0.1) is 19.8 Å². The maximum absolute atomic E-state index is 14.1. The minimum atomic E-state index is -0.244. The molecule has 2 aromatic heterocycles.